The molecule has 3 heteroatoms. The molecule has 1 aliphatic carbocycles. The first-order valence-corrected chi connectivity index (χ1v) is 5.92. The van der Waals surface area contributed by atoms with Crippen LogP contribution in [0.4, 0.5) is 0 Å². The fourth-order valence-corrected chi connectivity index (χ4v) is 2.17. The molecule has 0 aromatic heterocycles. The minimum Gasteiger partial charge on any atom is -0.460 e. The van der Waals surface area contributed by atoms with Gasteiger partial charge >= 0.3 is 5.97 Å². The van der Waals surface area contributed by atoms with Crippen molar-refractivity contribution in [3.05, 3.63) is 0 Å². The quantitative estimate of drug-likeness (QED) is 0.680. The summed E-state index contributed by atoms with van der Waals surface area (Å²) < 4.78 is 5.44. The Morgan fingerprint density at radius 2 is 1.94 bits per heavy atom. The third-order valence-electron chi connectivity index (χ3n) is 3.27. The lowest BCUT2D eigenvalue weighted by Crippen LogP contribution is -2.39. The van der Waals surface area contributed by atoms with E-state index in [1.54, 1.807) is 0 Å². The Morgan fingerprint density at radius 1 is 1.38 bits per heavy atom. The monoisotopic (exact) mass is 226 g/mol. The van der Waals surface area contributed by atoms with Gasteiger partial charge in [-0.1, -0.05) is 13.8 Å². The molecule has 16 heavy (non-hydrogen) atoms. The summed E-state index contributed by atoms with van der Waals surface area (Å²) in [5, 5.41) is 0. The third-order valence-corrected chi connectivity index (χ3v) is 3.27. The fraction of sp³-hybridized carbons (Fsp3) is 0.846. The highest BCUT2D eigenvalue weighted by atomic mass is 16.6. The first-order chi connectivity index (χ1) is 7.17. The molecule has 0 spiro atoms. The Labute approximate surface area is 97.5 Å². The summed E-state index contributed by atoms with van der Waals surface area (Å²) in [5.74, 6) is 0.120. The number of ketones is 1. The summed E-state index contributed by atoms with van der Waals surface area (Å²) in [7, 11) is 0. The van der Waals surface area contributed by atoms with Crippen molar-refractivity contribution in [1.82, 2.24) is 0 Å². The predicted molar refractivity (Wildman–Crippen MR) is 62.0 cm³/mol. The van der Waals surface area contributed by atoms with Crippen molar-refractivity contribution in [3.8, 4) is 0 Å². The molecule has 0 aromatic rings. The zero-order valence-corrected chi connectivity index (χ0v) is 10.9. The normalized spacial score (nSPS) is 26.2. The fourth-order valence-electron chi connectivity index (χ4n) is 2.17. The van der Waals surface area contributed by atoms with E-state index in [1.807, 2.05) is 34.6 Å². The van der Waals surface area contributed by atoms with Gasteiger partial charge in [-0.2, -0.15) is 0 Å². The zero-order valence-electron chi connectivity index (χ0n) is 10.9. The molecule has 1 fully saturated rings. The van der Waals surface area contributed by atoms with E-state index in [0.717, 1.165) is 0 Å². The van der Waals surface area contributed by atoms with Crippen LogP contribution in [0.1, 0.15) is 53.9 Å². The van der Waals surface area contributed by atoms with E-state index < -0.39 is 11.0 Å². The predicted octanol–water partition coefficient (Wildman–Crippen LogP) is 2.72. The maximum absolute atomic E-state index is 12.2. The van der Waals surface area contributed by atoms with Gasteiger partial charge in [-0.25, -0.2) is 0 Å². The van der Waals surface area contributed by atoms with Gasteiger partial charge in [-0.3, -0.25) is 9.59 Å². The summed E-state index contributed by atoms with van der Waals surface area (Å²) in [5.41, 5.74) is -1.06. The van der Waals surface area contributed by atoms with Crippen LogP contribution in [0.5, 0.6) is 0 Å². The van der Waals surface area contributed by atoms with Crippen LogP contribution in [-0.4, -0.2) is 17.4 Å². The summed E-state index contributed by atoms with van der Waals surface area (Å²) >= 11 is 0. The maximum atomic E-state index is 12.2. The average Bonchev–Trinajstić information content (AvgIpc) is 2.45. The van der Waals surface area contributed by atoms with E-state index in [-0.39, 0.29) is 17.7 Å². The molecule has 0 bridgehead atoms. The Balaban J connectivity index is 2.87. The lowest BCUT2D eigenvalue weighted by molar-refractivity contribution is -0.170. The first-order valence-electron chi connectivity index (χ1n) is 5.92. The van der Waals surface area contributed by atoms with Crippen LogP contribution in [0.15, 0.2) is 0 Å². The van der Waals surface area contributed by atoms with Crippen molar-refractivity contribution < 1.29 is 14.3 Å². The number of hydrogen-bond acceptors (Lipinski definition) is 3. The van der Waals surface area contributed by atoms with Crippen molar-refractivity contribution in [2.75, 3.05) is 0 Å². The van der Waals surface area contributed by atoms with Gasteiger partial charge in [0.1, 0.15) is 11.4 Å². The van der Waals surface area contributed by atoms with Crippen molar-refractivity contribution >= 4 is 11.8 Å². The molecule has 0 N–H and O–H groups in total. The second kappa shape index (κ2) is 4.19. The van der Waals surface area contributed by atoms with Crippen LogP contribution >= 0.6 is 0 Å². The molecule has 0 heterocycles. The Kier molecular flexibility index (Phi) is 3.46. The van der Waals surface area contributed by atoms with E-state index in [9.17, 15) is 9.59 Å². The molecule has 0 aromatic carbocycles. The Bertz CT molecular complexity index is 299. The van der Waals surface area contributed by atoms with Gasteiger partial charge in [0.2, 0.25) is 0 Å². The molecule has 92 valence electrons. The summed E-state index contributed by atoms with van der Waals surface area (Å²) in [6, 6.07) is 0. The van der Waals surface area contributed by atoms with Gasteiger partial charge in [0.15, 0.2) is 0 Å². The summed E-state index contributed by atoms with van der Waals surface area (Å²) in [4.78, 5) is 23.6. The van der Waals surface area contributed by atoms with Gasteiger partial charge in [-0.05, 0) is 33.1 Å². The van der Waals surface area contributed by atoms with Crippen LogP contribution in [0.3, 0.4) is 0 Å². The Hall–Kier alpha value is -0.860. The highest BCUT2D eigenvalue weighted by molar-refractivity contribution is 5.91. The zero-order chi connectivity index (χ0) is 12.6. The van der Waals surface area contributed by atoms with Gasteiger partial charge in [0.05, 0.1) is 5.41 Å². The van der Waals surface area contributed by atoms with Crippen LogP contribution in [0, 0.1) is 11.3 Å². The van der Waals surface area contributed by atoms with E-state index in [4.69, 9.17) is 4.74 Å². The number of carbonyl (C=O) groups excluding carboxylic acids is 2. The molecule has 0 aliphatic heterocycles. The smallest absolute Gasteiger partial charge is 0.313 e. The standard InChI is InChI=1S/C13H22O3/c1-9(2)13(7-6-10(14)8-13)11(15)16-12(3,4)5/h9H,6-8H2,1-5H3. The number of esters is 1. The molecule has 1 unspecified atom stereocenters. The SMILES string of the molecule is CC(C)C1(C(=O)OC(C)(C)C)CCC(=O)C1. The lowest BCUT2D eigenvalue weighted by Gasteiger charge is -2.33. The third kappa shape index (κ3) is 2.63. The Morgan fingerprint density at radius 3 is 2.25 bits per heavy atom. The second-order valence-corrected chi connectivity index (χ2v) is 6.03. The van der Waals surface area contributed by atoms with E-state index in [0.29, 0.717) is 19.3 Å². The number of Topliss-reactive ketones (excluding diaryl/α,β-unsaturated/α-hetero) is 1. The lowest BCUT2D eigenvalue weighted by atomic mass is 9.75. The number of carbonyl (C=O) groups is 2. The highest BCUT2D eigenvalue weighted by Crippen LogP contribution is 2.44. The molecule has 0 amide bonds. The highest BCUT2D eigenvalue weighted by Gasteiger charge is 2.49. The van der Waals surface area contributed by atoms with Gasteiger partial charge in [0.25, 0.3) is 0 Å². The molecule has 1 aliphatic rings. The molecule has 1 rings (SSSR count). The minimum absolute atomic E-state index is 0.147. The van der Waals surface area contributed by atoms with Gasteiger partial charge in [0, 0.05) is 12.8 Å². The molecule has 1 saturated carbocycles. The summed E-state index contributed by atoms with van der Waals surface area (Å²) in [6.45, 7) is 9.55. The van der Waals surface area contributed by atoms with Gasteiger partial charge in [-0.15, -0.1) is 0 Å². The molecular formula is C13H22O3. The molecule has 3 nitrogen and oxygen atoms in total. The topological polar surface area (TPSA) is 43.4 Å². The molecular weight excluding hydrogens is 204 g/mol. The van der Waals surface area contributed by atoms with E-state index >= 15 is 0 Å². The average molecular weight is 226 g/mol. The molecule has 0 saturated heterocycles. The number of hydrogen-bond donors (Lipinski definition) is 0. The van der Waals surface area contributed by atoms with Gasteiger partial charge < -0.3 is 4.74 Å². The van der Waals surface area contributed by atoms with Crippen molar-refractivity contribution in [1.29, 1.82) is 0 Å². The van der Waals surface area contributed by atoms with Crippen LogP contribution in [-0.2, 0) is 14.3 Å². The van der Waals surface area contributed by atoms with Crippen molar-refractivity contribution in [2.45, 2.75) is 59.5 Å². The van der Waals surface area contributed by atoms with Crippen molar-refractivity contribution in [2.24, 2.45) is 11.3 Å². The molecule has 1 atom stereocenters. The van der Waals surface area contributed by atoms with Crippen LogP contribution < -0.4 is 0 Å². The second-order valence-electron chi connectivity index (χ2n) is 6.03. The number of rotatable bonds is 2. The minimum atomic E-state index is -0.579. The first kappa shape index (κ1) is 13.2. The number of ether oxygens (including phenoxy) is 1. The van der Waals surface area contributed by atoms with Crippen molar-refractivity contribution in [3.63, 3.8) is 0 Å². The van der Waals surface area contributed by atoms with Crippen LogP contribution in [0.25, 0.3) is 0 Å². The van der Waals surface area contributed by atoms with E-state index in [2.05, 4.69) is 0 Å². The largest absolute Gasteiger partial charge is 0.460 e. The van der Waals surface area contributed by atoms with E-state index in [1.165, 1.54) is 0 Å². The van der Waals surface area contributed by atoms with Crippen LogP contribution in [0.2, 0.25) is 0 Å². The summed E-state index contributed by atoms with van der Waals surface area (Å²) in [6.07, 6.45) is 1.50. The maximum Gasteiger partial charge on any atom is 0.313 e. The molecule has 0 radical (unpaired) electrons.